The van der Waals surface area contributed by atoms with Gasteiger partial charge >= 0.3 is 17.9 Å². The summed E-state index contributed by atoms with van der Waals surface area (Å²) >= 11 is 0. The van der Waals surface area contributed by atoms with E-state index in [-0.39, 0.29) is 31.1 Å². The van der Waals surface area contributed by atoms with Crippen LogP contribution in [0.5, 0.6) is 0 Å². The number of rotatable bonds is 59. The predicted molar refractivity (Wildman–Crippen MR) is 307 cm³/mol. The van der Waals surface area contributed by atoms with Crippen LogP contribution in [0.1, 0.15) is 355 Å². The first-order chi connectivity index (χ1) is 35.0. The van der Waals surface area contributed by atoms with Crippen molar-refractivity contribution in [1.82, 2.24) is 0 Å². The fourth-order valence-corrected chi connectivity index (χ4v) is 9.65. The maximum Gasteiger partial charge on any atom is 0.306 e. The predicted octanol–water partition coefficient (Wildman–Crippen LogP) is 21.4. The lowest BCUT2D eigenvalue weighted by atomic mass is 10.0. The van der Waals surface area contributed by atoms with Gasteiger partial charge in [0, 0.05) is 19.3 Å². The van der Waals surface area contributed by atoms with Crippen LogP contribution in [0.2, 0.25) is 0 Å². The summed E-state index contributed by atoms with van der Waals surface area (Å²) in [4.78, 5) is 38.3. The second kappa shape index (κ2) is 60.4. The fourth-order valence-electron chi connectivity index (χ4n) is 9.65. The highest BCUT2D eigenvalue weighted by Gasteiger charge is 2.19. The zero-order valence-electron chi connectivity index (χ0n) is 48.0. The molecule has 0 aromatic rings. The maximum atomic E-state index is 12.9. The summed E-state index contributed by atoms with van der Waals surface area (Å²) in [7, 11) is 0. The van der Waals surface area contributed by atoms with Gasteiger partial charge in [-0.15, -0.1) is 0 Å². The molecule has 0 aromatic carbocycles. The molecule has 0 N–H and O–H groups in total. The van der Waals surface area contributed by atoms with Crippen molar-refractivity contribution in [3.8, 4) is 0 Å². The van der Waals surface area contributed by atoms with Crippen molar-refractivity contribution in [2.45, 2.75) is 361 Å². The molecule has 0 unspecified atom stereocenters. The number of carbonyl (C=O) groups is 3. The van der Waals surface area contributed by atoms with Crippen molar-refractivity contribution in [3.63, 3.8) is 0 Å². The smallest absolute Gasteiger partial charge is 0.306 e. The number of allylic oxidation sites excluding steroid dienone is 4. The molecule has 0 amide bonds. The zero-order valence-corrected chi connectivity index (χ0v) is 48.0. The highest BCUT2D eigenvalue weighted by Crippen LogP contribution is 2.18. The number of hydrogen-bond donors (Lipinski definition) is 0. The first-order valence-electron chi connectivity index (χ1n) is 31.8. The lowest BCUT2D eigenvalue weighted by Gasteiger charge is -2.18. The summed E-state index contributed by atoms with van der Waals surface area (Å²) in [5.41, 5.74) is 0. The Labute approximate surface area is 443 Å². The first-order valence-corrected chi connectivity index (χ1v) is 31.8. The zero-order chi connectivity index (χ0) is 51.4. The van der Waals surface area contributed by atoms with E-state index in [1.54, 1.807) is 0 Å². The Morgan fingerprint density at radius 2 is 0.507 bits per heavy atom. The van der Waals surface area contributed by atoms with Crippen molar-refractivity contribution in [2.24, 2.45) is 0 Å². The monoisotopic (exact) mass is 999 g/mol. The third kappa shape index (κ3) is 58.7. The summed E-state index contributed by atoms with van der Waals surface area (Å²) in [6.45, 7) is 6.68. The molecule has 6 nitrogen and oxygen atoms in total. The Kier molecular flexibility index (Phi) is 58.6. The Morgan fingerprint density at radius 3 is 0.803 bits per heavy atom. The summed E-state index contributed by atoms with van der Waals surface area (Å²) in [6, 6.07) is 0. The highest BCUT2D eigenvalue weighted by atomic mass is 16.6. The molecule has 0 heterocycles. The van der Waals surface area contributed by atoms with E-state index in [1.807, 2.05) is 0 Å². The van der Waals surface area contributed by atoms with Gasteiger partial charge in [-0.3, -0.25) is 14.4 Å². The number of carbonyl (C=O) groups excluding carboxylic acids is 3. The van der Waals surface area contributed by atoms with Crippen LogP contribution in [0.4, 0.5) is 0 Å². The van der Waals surface area contributed by atoms with Crippen molar-refractivity contribution in [1.29, 1.82) is 0 Å². The molecule has 0 saturated heterocycles. The minimum Gasteiger partial charge on any atom is -0.462 e. The SMILES string of the molecule is CCCCC/C=C\C/C=C\CCCCCCCCCCCC(=O)OC[C@@H](COC(=O)CCCCCCCCCCCCCCCCCC)OC(=O)CCCCCCCCCCCCCCCCCCCC. The molecule has 418 valence electrons. The van der Waals surface area contributed by atoms with Gasteiger partial charge in [-0.25, -0.2) is 0 Å². The van der Waals surface area contributed by atoms with E-state index in [1.165, 1.54) is 250 Å². The fraction of sp³-hybridized carbons (Fsp3) is 0.892. The van der Waals surface area contributed by atoms with Crippen LogP contribution in [0.15, 0.2) is 24.3 Å². The van der Waals surface area contributed by atoms with Gasteiger partial charge in [-0.05, 0) is 51.4 Å². The minimum absolute atomic E-state index is 0.0661. The average Bonchev–Trinajstić information content (AvgIpc) is 3.37. The van der Waals surface area contributed by atoms with Gasteiger partial charge < -0.3 is 14.2 Å². The van der Waals surface area contributed by atoms with Crippen molar-refractivity contribution in [3.05, 3.63) is 24.3 Å². The Bertz CT molecular complexity index is 1150. The molecule has 0 spiro atoms. The quantitative estimate of drug-likeness (QED) is 0.0261. The van der Waals surface area contributed by atoms with E-state index < -0.39 is 6.10 Å². The molecule has 1 atom stereocenters. The first kappa shape index (κ1) is 68.9. The van der Waals surface area contributed by atoms with Gasteiger partial charge in [-0.2, -0.15) is 0 Å². The van der Waals surface area contributed by atoms with Crippen molar-refractivity contribution < 1.29 is 28.6 Å². The van der Waals surface area contributed by atoms with Crippen LogP contribution in [0, 0.1) is 0 Å². The van der Waals surface area contributed by atoms with E-state index in [9.17, 15) is 14.4 Å². The molecular weight excluding hydrogens is 877 g/mol. The Hall–Kier alpha value is -2.11. The van der Waals surface area contributed by atoms with Gasteiger partial charge in [0.2, 0.25) is 0 Å². The number of esters is 3. The number of unbranched alkanes of at least 4 members (excludes halogenated alkanes) is 44. The lowest BCUT2D eigenvalue weighted by Crippen LogP contribution is -2.30. The Morgan fingerprint density at radius 1 is 0.282 bits per heavy atom. The highest BCUT2D eigenvalue weighted by molar-refractivity contribution is 5.71. The summed E-state index contributed by atoms with van der Waals surface area (Å²) in [5, 5.41) is 0. The largest absolute Gasteiger partial charge is 0.462 e. The molecule has 0 aliphatic rings. The minimum atomic E-state index is -0.768. The molecule has 0 saturated carbocycles. The van der Waals surface area contributed by atoms with Crippen LogP contribution >= 0.6 is 0 Å². The lowest BCUT2D eigenvalue weighted by molar-refractivity contribution is -0.167. The average molecular weight is 1000 g/mol. The van der Waals surface area contributed by atoms with Crippen molar-refractivity contribution in [2.75, 3.05) is 13.2 Å². The van der Waals surface area contributed by atoms with E-state index in [2.05, 4.69) is 45.1 Å². The molecule has 0 radical (unpaired) electrons. The topological polar surface area (TPSA) is 78.9 Å². The summed E-state index contributed by atoms with van der Waals surface area (Å²) in [5.74, 6) is -0.842. The van der Waals surface area contributed by atoms with Crippen LogP contribution in [-0.4, -0.2) is 37.2 Å². The van der Waals surface area contributed by atoms with Crippen LogP contribution in [0.25, 0.3) is 0 Å². The van der Waals surface area contributed by atoms with E-state index in [4.69, 9.17) is 14.2 Å². The van der Waals surface area contributed by atoms with Crippen LogP contribution in [-0.2, 0) is 28.6 Å². The van der Waals surface area contributed by atoms with Crippen molar-refractivity contribution >= 4 is 17.9 Å². The molecule has 0 bridgehead atoms. The summed E-state index contributed by atoms with van der Waals surface area (Å²) in [6.07, 6.45) is 71.7. The summed E-state index contributed by atoms with van der Waals surface area (Å²) < 4.78 is 17.0. The normalized spacial score (nSPS) is 12.1. The number of hydrogen-bond acceptors (Lipinski definition) is 6. The molecule has 6 heteroatoms. The third-order valence-corrected chi connectivity index (χ3v) is 14.5. The van der Waals surface area contributed by atoms with Gasteiger partial charge in [0.1, 0.15) is 13.2 Å². The number of ether oxygens (including phenoxy) is 3. The molecule has 0 rings (SSSR count). The molecule has 0 fully saturated rings. The van der Waals surface area contributed by atoms with E-state index in [0.717, 1.165) is 64.2 Å². The second-order valence-electron chi connectivity index (χ2n) is 21.7. The second-order valence-corrected chi connectivity index (χ2v) is 21.7. The molecule has 0 aliphatic heterocycles. The van der Waals surface area contributed by atoms with Gasteiger partial charge in [0.15, 0.2) is 6.10 Å². The van der Waals surface area contributed by atoms with E-state index in [0.29, 0.717) is 19.3 Å². The van der Waals surface area contributed by atoms with Crippen LogP contribution < -0.4 is 0 Å². The van der Waals surface area contributed by atoms with E-state index >= 15 is 0 Å². The standard InChI is InChI=1S/C65H122O6/c1-4-7-10-13-16-19-22-25-28-31-33-35-37-40-43-46-49-52-55-58-64(67)70-61-62(60-69-63(66)57-54-51-48-45-42-39-36-30-27-24-21-18-15-12-9-6-3)71-65(68)59-56-53-50-47-44-41-38-34-32-29-26-23-20-17-14-11-8-5-2/h16,19,25,28,62H,4-15,17-18,20-24,26-27,29-61H2,1-3H3/b19-16-,28-25-/t62-/m1/s1. The van der Waals surface area contributed by atoms with Gasteiger partial charge in [-0.1, -0.05) is 308 Å². The third-order valence-electron chi connectivity index (χ3n) is 14.5. The van der Waals surface area contributed by atoms with Gasteiger partial charge in [0.25, 0.3) is 0 Å². The molecular formula is C65H122O6. The molecule has 0 aliphatic carbocycles. The molecule has 71 heavy (non-hydrogen) atoms. The maximum absolute atomic E-state index is 12.9. The van der Waals surface area contributed by atoms with Crippen LogP contribution in [0.3, 0.4) is 0 Å². The molecule has 0 aromatic heterocycles. The van der Waals surface area contributed by atoms with Gasteiger partial charge in [0.05, 0.1) is 0 Å². The Balaban J connectivity index is 4.31.